The predicted octanol–water partition coefficient (Wildman–Crippen LogP) is 1.05. The molecule has 2 amide bonds. The maximum Gasteiger partial charge on any atom is 0.242 e. The number of hydrogen-bond acceptors (Lipinski definition) is 2. The van der Waals surface area contributed by atoms with Gasteiger partial charge in [-0.1, -0.05) is 15.9 Å². The zero-order chi connectivity index (χ0) is 12.4. The second kappa shape index (κ2) is 4.83. The Balaban J connectivity index is 2.13. The van der Waals surface area contributed by atoms with Crippen LogP contribution in [0.25, 0.3) is 0 Å². The minimum absolute atomic E-state index is 0.00924. The van der Waals surface area contributed by atoms with Gasteiger partial charge in [0.2, 0.25) is 11.8 Å². The Morgan fingerprint density at radius 1 is 1.35 bits per heavy atom. The van der Waals surface area contributed by atoms with Crippen molar-refractivity contribution in [3.8, 4) is 0 Å². The summed E-state index contributed by atoms with van der Waals surface area (Å²) in [6, 6.07) is 4.42. The molecule has 1 aliphatic heterocycles. The molecule has 2 rings (SSSR count). The van der Waals surface area contributed by atoms with Gasteiger partial charge in [-0.25, -0.2) is 4.39 Å². The van der Waals surface area contributed by atoms with Gasteiger partial charge >= 0.3 is 0 Å². The summed E-state index contributed by atoms with van der Waals surface area (Å²) >= 11 is 3.18. The van der Waals surface area contributed by atoms with Crippen LogP contribution in [0.4, 0.5) is 4.39 Å². The van der Waals surface area contributed by atoms with E-state index in [0.717, 1.165) is 0 Å². The Morgan fingerprint density at radius 2 is 2.12 bits per heavy atom. The molecule has 1 aromatic carbocycles. The van der Waals surface area contributed by atoms with E-state index < -0.39 is 0 Å². The van der Waals surface area contributed by atoms with E-state index in [-0.39, 0.29) is 37.3 Å². The van der Waals surface area contributed by atoms with E-state index in [0.29, 0.717) is 10.0 Å². The fourth-order valence-corrected chi connectivity index (χ4v) is 2.18. The molecule has 1 saturated heterocycles. The van der Waals surface area contributed by atoms with Gasteiger partial charge in [0, 0.05) is 11.0 Å². The van der Waals surface area contributed by atoms with Crippen LogP contribution < -0.4 is 5.32 Å². The zero-order valence-corrected chi connectivity index (χ0v) is 10.5. The normalized spacial score (nSPS) is 16.0. The fourth-order valence-electron chi connectivity index (χ4n) is 1.67. The zero-order valence-electron chi connectivity index (χ0n) is 8.87. The Kier molecular flexibility index (Phi) is 3.42. The van der Waals surface area contributed by atoms with Gasteiger partial charge in [-0.05, 0) is 23.8 Å². The first kappa shape index (κ1) is 12.0. The molecule has 1 heterocycles. The highest BCUT2D eigenvalue weighted by molar-refractivity contribution is 9.10. The lowest BCUT2D eigenvalue weighted by Crippen LogP contribution is -2.51. The van der Waals surface area contributed by atoms with Crippen LogP contribution in [0.15, 0.2) is 22.7 Å². The Hall–Kier alpha value is -1.43. The maximum absolute atomic E-state index is 13.1. The molecule has 90 valence electrons. The van der Waals surface area contributed by atoms with Crippen LogP contribution in [-0.4, -0.2) is 29.8 Å². The summed E-state index contributed by atoms with van der Waals surface area (Å²) in [5, 5.41) is 2.46. The van der Waals surface area contributed by atoms with Crippen molar-refractivity contribution in [3.05, 3.63) is 34.1 Å². The fraction of sp³-hybridized carbons (Fsp3) is 0.273. The summed E-state index contributed by atoms with van der Waals surface area (Å²) in [5.41, 5.74) is 0.653. The van der Waals surface area contributed by atoms with Crippen molar-refractivity contribution in [1.29, 1.82) is 0 Å². The largest absolute Gasteiger partial charge is 0.345 e. The number of benzene rings is 1. The lowest BCUT2D eigenvalue weighted by atomic mass is 10.2. The molecule has 0 bridgehead atoms. The summed E-state index contributed by atoms with van der Waals surface area (Å²) in [7, 11) is 0. The van der Waals surface area contributed by atoms with Gasteiger partial charge < -0.3 is 10.2 Å². The standard InChI is InChI=1S/C11H10BrFN2O2/c12-8-1-7(2-9(13)3-8)5-15-6-10(16)14-4-11(15)17/h1-3H,4-6H2,(H,14,16). The molecule has 0 saturated carbocycles. The smallest absolute Gasteiger partial charge is 0.242 e. The average molecular weight is 301 g/mol. The van der Waals surface area contributed by atoms with Gasteiger partial charge in [0.15, 0.2) is 0 Å². The summed E-state index contributed by atoms with van der Waals surface area (Å²) < 4.78 is 13.8. The number of amides is 2. The predicted molar refractivity (Wildman–Crippen MR) is 62.5 cm³/mol. The molecule has 17 heavy (non-hydrogen) atoms. The Morgan fingerprint density at radius 3 is 2.82 bits per heavy atom. The number of piperazine rings is 1. The van der Waals surface area contributed by atoms with Gasteiger partial charge in [-0.3, -0.25) is 9.59 Å². The van der Waals surface area contributed by atoms with Gasteiger partial charge in [0.1, 0.15) is 5.82 Å². The summed E-state index contributed by atoms with van der Waals surface area (Å²) in [5.74, 6) is -0.728. The van der Waals surface area contributed by atoms with E-state index in [2.05, 4.69) is 21.2 Å². The third-order valence-electron chi connectivity index (χ3n) is 2.42. The second-order valence-corrected chi connectivity index (χ2v) is 4.72. The number of hydrogen-bond donors (Lipinski definition) is 1. The molecular weight excluding hydrogens is 291 g/mol. The number of halogens is 2. The van der Waals surface area contributed by atoms with Crippen molar-refractivity contribution in [2.75, 3.05) is 13.1 Å². The van der Waals surface area contributed by atoms with E-state index in [1.165, 1.54) is 17.0 Å². The SMILES string of the molecule is O=C1CN(Cc2cc(F)cc(Br)c2)C(=O)CN1. The van der Waals surface area contributed by atoms with Crippen molar-refractivity contribution in [2.24, 2.45) is 0 Å². The number of carbonyl (C=O) groups is 2. The molecule has 6 heteroatoms. The Bertz CT molecular complexity index is 458. The van der Waals surface area contributed by atoms with E-state index in [9.17, 15) is 14.0 Å². The molecular formula is C11H10BrFN2O2. The first-order valence-corrected chi connectivity index (χ1v) is 5.83. The van der Waals surface area contributed by atoms with Gasteiger partial charge in [-0.2, -0.15) is 0 Å². The molecule has 0 aliphatic carbocycles. The third-order valence-corrected chi connectivity index (χ3v) is 2.88. The van der Waals surface area contributed by atoms with Crippen molar-refractivity contribution in [1.82, 2.24) is 10.2 Å². The second-order valence-electron chi connectivity index (χ2n) is 3.80. The third kappa shape index (κ3) is 3.03. The topological polar surface area (TPSA) is 49.4 Å². The van der Waals surface area contributed by atoms with E-state index in [1.54, 1.807) is 6.07 Å². The van der Waals surface area contributed by atoms with Crippen LogP contribution in [0, 0.1) is 5.82 Å². The molecule has 0 radical (unpaired) electrons. The van der Waals surface area contributed by atoms with Crippen LogP contribution in [-0.2, 0) is 16.1 Å². The van der Waals surface area contributed by atoms with Crippen LogP contribution in [0.2, 0.25) is 0 Å². The monoisotopic (exact) mass is 300 g/mol. The molecule has 1 fully saturated rings. The number of nitrogens with one attached hydrogen (secondary N) is 1. The molecule has 0 spiro atoms. The molecule has 1 N–H and O–H groups in total. The highest BCUT2D eigenvalue weighted by Gasteiger charge is 2.23. The molecule has 1 aromatic rings. The van der Waals surface area contributed by atoms with Crippen molar-refractivity contribution in [3.63, 3.8) is 0 Å². The van der Waals surface area contributed by atoms with Crippen LogP contribution in [0.3, 0.4) is 0 Å². The van der Waals surface area contributed by atoms with Crippen LogP contribution in [0.1, 0.15) is 5.56 Å². The maximum atomic E-state index is 13.1. The minimum Gasteiger partial charge on any atom is -0.345 e. The lowest BCUT2D eigenvalue weighted by molar-refractivity contribution is -0.141. The highest BCUT2D eigenvalue weighted by atomic mass is 79.9. The number of nitrogens with zero attached hydrogens (tertiary/aromatic N) is 1. The van der Waals surface area contributed by atoms with E-state index >= 15 is 0 Å². The van der Waals surface area contributed by atoms with Crippen molar-refractivity contribution < 1.29 is 14.0 Å². The van der Waals surface area contributed by atoms with Crippen LogP contribution in [0.5, 0.6) is 0 Å². The summed E-state index contributed by atoms with van der Waals surface area (Å²) in [4.78, 5) is 24.1. The minimum atomic E-state index is -0.372. The van der Waals surface area contributed by atoms with Crippen molar-refractivity contribution >= 4 is 27.7 Å². The molecule has 0 unspecified atom stereocenters. The van der Waals surface area contributed by atoms with Gasteiger partial charge in [0.25, 0.3) is 0 Å². The highest BCUT2D eigenvalue weighted by Crippen LogP contribution is 2.16. The molecule has 0 aromatic heterocycles. The quantitative estimate of drug-likeness (QED) is 0.887. The molecule has 1 aliphatic rings. The first-order valence-electron chi connectivity index (χ1n) is 5.04. The summed E-state index contributed by atoms with van der Waals surface area (Å²) in [6.45, 7) is 0.269. The van der Waals surface area contributed by atoms with E-state index in [4.69, 9.17) is 0 Å². The van der Waals surface area contributed by atoms with Gasteiger partial charge in [0.05, 0.1) is 13.1 Å². The van der Waals surface area contributed by atoms with Crippen molar-refractivity contribution in [2.45, 2.75) is 6.54 Å². The molecule has 4 nitrogen and oxygen atoms in total. The van der Waals surface area contributed by atoms with E-state index in [1.807, 2.05) is 0 Å². The van der Waals surface area contributed by atoms with Crippen LogP contribution >= 0.6 is 15.9 Å². The Labute approximate surface area is 106 Å². The first-order chi connectivity index (χ1) is 8.04. The average Bonchev–Trinajstić information content (AvgIpc) is 2.22. The summed E-state index contributed by atoms with van der Waals surface area (Å²) in [6.07, 6.45) is 0. The number of carbonyl (C=O) groups excluding carboxylic acids is 2. The lowest BCUT2D eigenvalue weighted by Gasteiger charge is -2.26. The van der Waals surface area contributed by atoms with Gasteiger partial charge in [-0.15, -0.1) is 0 Å². The number of rotatable bonds is 2. The molecule has 0 atom stereocenters.